The second kappa shape index (κ2) is 6.55. The van der Waals surface area contributed by atoms with E-state index in [1.807, 2.05) is 0 Å². The van der Waals surface area contributed by atoms with Crippen molar-refractivity contribution in [2.45, 2.75) is 12.7 Å². The van der Waals surface area contributed by atoms with Gasteiger partial charge in [-0.1, -0.05) is 0 Å². The van der Waals surface area contributed by atoms with E-state index in [0.717, 1.165) is 18.5 Å². The van der Waals surface area contributed by atoms with Gasteiger partial charge in [-0.15, -0.1) is 0 Å². The summed E-state index contributed by atoms with van der Waals surface area (Å²) < 4.78 is 36.5. The number of carbonyl (C=O) groups is 2. The van der Waals surface area contributed by atoms with E-state index < -0.39 is 23.7 Å². The highest BCUT2D eigenvalue weighted by Crippen LogP contribution is 2.30. The van der Waals surface area contributed by atoms with Gasteiger partial charge in [0.05, 0.1) is 5.56 Å². The quantitative estimate of drug-likeness (QED) is 0.645. The molecule has 0 aliphatic rings. The molecule has 0 bridgehead atoms. The first-order chi connectivity index (χ1) is 8.20. The predicted molar refractivity (Wildman–Crippen MR) is 52.4 cm³/mol. The number of carboxylic acids is 2. The zero-order valence-corrected chi connectivity index (χ0v) is 8.81. The number of aliphatic carboxylic acids is 2. The van der Waals surface area contributed by atoms with Crippen molar-refractivity contribution in [1.82, 2.24) is 4.98 Å². The van der Waals surface area contributed by atoms with Crippen LogP contribution in [0.4, 0.5) is 13.2 Å². The molecule has 0 spiro atoms. The summed E-state index contributed by atoms with van der Waals surface area (Å²) in [6.07, 6.45) is -2.11. The summed E-state index contributed by atoms with van der Waals surface area (Å²) in [7, 11) is 0. The highest BCUT2D eigenvalue weighted by molar-refractivity contribution is 6.27. The van der Waals surface area contributed by atoms with Gasteiger partial charge in [0.25, 0.3) is 0 Å². The Morgan fingerprint density at radius 1 is 1.28 bits per heavy atom. The lowest BCUT2D eigenvalue weighted by molar-refractivity contribution is -0.159. The Morgan fingerprint density at radius 3 is 2.06 bits per heavy atom. The Labute approximate surface area is 98.9 Å². The Balaban J connectivity index is 0.000000411. The first kappa shape index (κ1) is 15.8. The molecule has 100 valence electrons. The summed E-state index contributed by atoms with van der Waals surface area (Å²) >= 11 is 0. The molecule has 9 heteroatoms. The molecule has 0 fully saturated rings. The Hall–Kier alpha value is -2.16. The van der Waals surface area contributed by atoms with Gasteiger partial charge in [0.15, 0.2) is 0 Å². The molecule has 0 atom stereocenters. The fraction of sp³-hybridized carbons (Fsp3) is 0.222. The van der Waals surface area contributed by atoms with Gasteiger partial charge in [0.2, 0.25) is 0 Å². The van der Waals surface area contributed by atoms with Gasteiger partial charge < -0.3 is 15.9 Å². The third-order valence-corrected chi connectivity index (χ3v) is 1.61. The molecule has 0 saturated carbocycles. The molecule has 0 aliphatic heterocycles. The lowest BCUT2D eigenvalue weighted by Crippen LogP contribution is -2.11. The molecular formula is C9H9F3N2O4. The highest BCUT2D eigenvalue weighted by atomic mass is 19.4. The van der Waals surface area contributed by atoms with Gasteiger partial charge in [-0.2, -0.15) is 13.2 Å². The highest BCUT2D eigenvalue weighted by Gasteiger charge is 2.32. The summed E-state index contributed by atoms with van der Waals surface area (Å²) in [4.78, 5) is 21.7. The number of rotatable bonds is 1. The van der Waals surface area contributed by atoms with Crippen LogP contribution in [0.3, 0.4) is 0 Å². The van der Waals surface area contributed by atoms with Gasteiger partial charge in [-0.3, -0.25) is 4.98 Å². The summed E-state index contributed by atoms with van der Waals surface area (Å²) in [5, 5.41) is 14.8. The van der Waals surface area contributed by atoms with Gasteiger partial charge in [0.1, 0.15) is 0 Å². The Kier molecular flexibility index (Phi) is 5.76. The van der Waals surface area contributed by atoms with E-state index in [-0.39, 0.29) is 12.1 Å². The van der Waals surface area contributed by atoms with Crippen LogP contribution < -0.4 is 5.73 Å². The van der Waals surface area contributed by atoms with Crippen molar-refractivity contribution < 1.29 is 33.0 Å². The van der Waals surface area contributed by atoms with Crippen molar-refractivity contribution in [1.29, 1.82) is 0 Å². The van der Waals surface area contributed by atoms with Crippen molar-refractivity contribution in [3.8, 4) is 0 Å². The van der Waals surface area contributed by atoms with Crippen molar-refractivity contribution in [3.63, 3.8) is 0 Å². The molecule has 6 nitrogen and oxygen atoms in total. The maximum Gasteiger partial charge on any atom is 0.416 e. The molecule has 0 aliphatic carbocycles. The number of hydrogen-bond acceptors (Lipinski definition) is 4. The summed E-state index contributed by atoms with van der Waals surface area (Å²) in [5.41, 5.74) is 4.42. The number of carboxylic acid groups (broad SMARTS) is 2. The topological polar surface area (TPSA) is 114 Å². The maximum atomic E-state index is 12.2. The first-order valence-electron chi connectivity index (χ1n) is 4.36. The lowest BCUT2D eigenvalue weighted by Gasteiger charge is -2.09. The SMILES string of the molecule is NCc1cnccc1C(F)(F)F.O=C(O)C(=O)O. The van der Waals surface area contributed by atoms with Crippen molar-refractivity contribution in [3.05, 3.63) is 29.6 Å². The molecule has 0 radical (unpaired) electrons. The van der Waals surface area contributed by atoms with E-state index >= 15 is 0 Å². The minimum Gasteiger partial charge on any atom is -0.473 e. The molecule has 18 heavy (non-hydrogen) atoms. The average Bonchev–Trinajstić information content (AvgIpc) is 2.28. The molecule has 0 saturated heterocycles. The van der Waals surface area contributed by atoms with Crippen molar-refractivity contribution in [2.24, 2.45) is 5.73 Å². The van der Waals surface area contributed by atoms with E-state index in [4.69, 9.17) is 25.5 Å². The van der Waals surface area contributed by atoms with Gasteiger partial charge in [0, 0.05) is 18.9 Å². The van der Waals surface area contributed by atoms with Crippen LogP contribution in [0.5, 0.6) is 0 Å². The van der Waals surface area contributed by atoms with Gasteiger partial charge in [-0.05, 0) is 11.6 Å². The number of halogens is 3. The van der Waals surface area contributed by atoms with Crippen LogP contribution >= 0.6 is 0 Å². The molecule has 1 aromatic rings. The molecule has 1 aromatic heterocycles. The first-order valence-corrected chi connectivity index (χ1v) is 4.36. The lowest BCUT2D eigenvalue weighted by atomic mass is 10.1. The van der Waals surface area contributed by atoms with Crippen LogP contribution in [0.15, 0.2) is 18.5 Å². The number of nitrogens with two attached hydrogens (primary N) is 1. The van der Waals surface area contributed by atoms with Crippen LogP contribution in [0.2, 0.25) is 0 Å². The van der Waals surface area contributed by atoms with E-state index in [1.165, 1.54) is 0 Å². The Bertz CT molecular complexity index is 422. The maximum absolute atomic E-state index is 12.2. The molecule has 1 rings (SSSR count). The van der Waals surface area contributed by atoms with E-state index in [2.05, 4.69) is 4.98 Å². The minimum absolute atomic E-state index is 0.0185. The number of alkyl halides is 3. The normalized spacial score (nSPS) is 10.2. The second-order valence-corrected chi connectivity index (χ2v) is 2.85. The zero-order chi connectivity index (χ0) is 14.3. The van der Waals surface area contributed by atoms with E-state index in [1.54, 1.807) is 0 Å². The van der Waals surface area contributed by atoms with Gasteiger partial charge in [-0.25, -0.2) is 9.59 Å². The van der Waals surface area contributed by atoms with Crippen LogP contribution in [0, 0.1) is 0 Å². The second-order valence-electron chi connectivity index (χ2n) is 2.85. The fourth-order valence-corrected chi connectivity index (χ4v) is 0.866. The minimum atomic E-state index is -4.34. The molecule has 0 amide bonds. The van der Waals surface area contributed by atoms with Crippen molar-refractivity contribution in [2.75, 3.05) is 0 Å². The van der Waals surface area contributed by atoms with Crippen LogP contribution in [-0.2, 0) is 22.3 Å². The zero-order valence-electron chi connectivity index (χ0n) is 8.81. The number of hydrogen-bond donors (Lipinski definition) is 3. The molecule has 0 aromatic carbocycles. The monoisotopic (exact) mass is 266 g/mol. The smallest absolute Gasteiger partial charge is 0.416 e. The average molecular weight is 266 g/mol. The van der Waals surface area contributed by atoms with E-state index in [9.17, 15) is 13.2 Å². The van der Waals surface area contributed by atoms with Gasteiger partial charge >= 0.3 is 18.1 Å². The predicted octanol–water partition coefficient (Wildman–Crippen LogP) is 0.715. The summed E-state index contributed by atoms with van der Waals surface area (Å²) in [5.74, 6) is -3.65. The summed E-state index contributed by atoms with van der Waals surface area (Å²) in [6, 6.07) is 0.919. The largest absolute Gasteiger partial charge is 0.473 e. The summed E-state index contributed by atoms with van der Waals surface area (Å²) in [6.45, 7) is -0.150. The molecular weight excluding hydrogens is 257 g/mol. The number of nitrogens with zero attached hydrogens (tertiary/aromatic N) is 1. The van der Waals surface area contributed by atoms with Crippen LogP contribution in [-0.4, -0.2) is 27.1 Å². The van der Waals surface area contributed by atoms with Crippen LogP contribution in [0.1, 0.15) is 11.1 Å². The van der Waals surface area contributed by atoms with E-state index in [0.29, 0.717) is 0 Å². The van der Waals surface area contributed by atoms with Crippen LogP contribution in [0.25, 0.3) is 0 Å². The molecule has 4 N–H and O–H groups in total. The third-order valence-electron chi connectivity index (χ3n) is 1.61. The molecule has 0 unspecified atom stereocenters. The number of aromatic nitrogens is 1. The van der Waals surface area contributed by atoms with Crippen molar-refractivity contribution >= 4 is 11.9 Å². The fourth-order valence-electron chi connectivity index (χ4n) is 0.866. The third kappa shape index (κ3) is 5.25. The standard InChI is InChI=1S/C7H7F3N2.C2H2O4/c8-7(9,10)6-1-2-12-4-5(6)3-11;3-1(4)2(5)6/h1-2,4H,3,11H2;(H,3,4)(H,5,6). The Morgan fingerprint density at radius 2 is 1.78 bits per heavy atom. The number of pyridine rings is 1. The molecule has 1 heterocycles.